The van der Waals surface area contributed by atoms with Crippen molar-refractivity contribution in [3.05, 3.63) is 59.8 Å². The number of nitrogens with two attached hydrogens (primary N) is 1. The molecule has 0 bridgehead atoms. The van der Waals surface area contributed by atoms with Crippen molar-refractivity contribution in [1.29, 1.82) is 0 Å². The van der Waals surface area contributed by atoms with Gasteiger partial charge in [-0.25, -0.2) is 4.79 Å². The molecule has 2 aliphatic rings. The van der Waals surface area contributed by atoms with Gasteiger partial charge < -0.3 is 30.2 Å². The Labute approximate surface area is 256 Å². The summed E-state index contributed by atoms with van der Waals surface area (Å²) in [5, 5.41) is 22.1. The molecule has 2 aliphatic heterocycles. The zero-order valence-corrected chi connectivity index (χ0v) is 26.7. The number of carbonyl (C=O) groups is 3. The third-order valence-electron chi connectivity index (χ3n) is 8.87. The lowest BCUT2D eigenvalue weighted by atomic mass is 9.77. The number of amides is 1. The zero-order valence-electron chi connectivity index (χ0n) is 26.7. The summed E-state index contributed by atoms with van der Waals surface area (Å²) >= 11 is 0. The Balaban J connectivity index is 2.29. The predicted octanol–water partition coefficient (Wildman–Crippen LogP) is 5.47. The van der Waals surface area contributed by atoms with E-state index in [0.717, 1.165) is 11.1 Å². The smallest absolute Gasteiger partial charge is 0.405 e. The van der Waals surface area contributed by atoms with E-state index in [9.17, 15) is 24.6 Å². The van der Waals surface area contributed by atoms with Gasteiger partial charge in [0.2, 0.25) is 0 Å². The summed E-state index contributed by atoms with van der Waals surface area (Å²) in [6.07, 6.45) is 12.7. The average molecular weight is 602 g/mol. The number of cyclic esters (lactones) is 2. The third-order valence-corrected chi connectivity index (χ3v) is 8.87. The van der Waals surface area contributed by atoms with Crippen LogP contribution >= 0.6 is 0 Å². The molecule has 0 aromatic carbocycles. The Bertz CT molecular complexity index is 1120. The van der Waals surface area contributed by atoms with Gasteiger partial charge in [0.05, 0.1) is 18.1 Å². The van der Waals surface area contributed by atoms with E-state index in [-0.39, 0.29) is 42.7 Å². The molecule has 0 saturated carbocycles. The highest BCUT2D eigenvalue weighted by Crippen LogP contribution is 2.36. The lowest BCUT2D eigenvalue weighted by molar-refractivity contribution is -0.182. The number of ether oxygens (including phenoxy) is 3. The van der Waals surface area contributed by atoms with Crippen molar-refractivity contribution in [3.8, 4) is 0 Å². The summed E-state index contributed by atoms with van der Waals surface area (Å²) in [4.78, 5) is 36.5. The van der Waals surface area contributed by atoms with Crippen LogP contribution in [0.5, 0.6) is 0 Å². The van der Waals surface area contributed by atoms with Crippen LogP contribution in [0.4, 0.5) is 4.79 Å². The van der Waals surface area contributed by atoms with Gasteiger partial charge in [0.1, 0.15) is 18.3 Å². The Morgan fingerprint density at radius 3 is 2.47 bits per heavy atom. The summed E-state index contributed by atoms with van der Waals surface area (Å²) in [6, 6.07) is 0. The van der Waals surface area contributed by atoms with E-state index in [4.69, 9.17) is 19.9 Å². The molecule has 1 saturated heterocycles. The molecule has 9 nitrogen and oxygen atoms in total. The lowest BCUT2D eigenvalue weighted by Gasteiger charge is -2.41. The molecule has 0 aliphatic carbocycles. The average Bonchev–Trinajstić information content (AvgIpc) is 2.95. The summed E-state index contributed by atoms with van der Waals surface area (Å²) < 4.78 is 16.6. The lowest BCUT2D eigenvalue weighted by Crippen LogP contribution is -2.50. The van der Waals surface area contributed by atoms with E-state index in [2.05, 4.69) is 0 Å². The highest BCUT2D eigenvalue weighted by atomic mass is 16.6. The Kier molecular flexibility index (Phi) is 13.9. The summed E-state index contributed by atoms with van der Waals surface area (Å²) in [5.41, 5.74) is 5.85. The largest absolute Gasteiger partial charge is 0.462 e. The number of esters is 2. The van der Waals surface area contributed by atoms with E-state index < -0.39 is 41.9 Å². The maximum Gasteiger partial charge on any atom is 0.405 e. The molecule has 240 valence electrons. The van der Waals surface area contributed by atoms with Crippen molar-refractivity contribution < 1.29 is 38.8 Å². The molecule has 1 amide bonds. The van der Waals surface area contributed by atoms with Crippen LogP contribution in [-0.2, 0) is 23.8 Å². The summed E-state index contributed by atoms with van der Waals surface area (Å²) in [5.74, 6) is -1.79. The van der Waals surface area contributed by atoms with Crippen molar-refractivity contribution in [1.82, 2.24) is 0 Å². The van der Waals surface area contributed by atoms with Gasteiger partial charge in [0, 0.05) is 30.1 Å². The normalized spacial score (nSPS) is 38.0. The Morgan fingerprint density at radius 2 is 1.81 bits per heavy atom. The number of hydrogen-bond acceptors (Lipinski definition) is 8. The number of aliphatic hydroxyl groups is 2. The molecule has 0 radical (unpaired) electrons. The van der Waals surface area contributed by atoms with Crippen LogP contribution in [0.3, 0.4) is 0 Å². The second-order valence-electron chi connectivity index (χ2n) is 12.1. The Morgan fingerprint density at radius 1 is 1.14 bits per heavy atom. The predicted molar refractivity (Wildman–Crippen MR) is 166 cm³/mol. The number of allylic oxidation sites excluding steroid dienone is 5. The fourth-order valence-electron chi connectivity index (χ4n) is 5.66. The van der Waals surface area contributed by atoms with Crippen molar-refractivity contribution in [3.63, 3.8) is 0 Å². The summed E-state index contributed by atoms with van der Waals surface area (Å²) in [7, 11) is 0. The van der Waals surface area contributed by atoms with Crippen molar-refractivity contribution in [2.75, 3.05) is 0 Å². The van der Waals surface area contributed by atoms with Gasteiger partial charge in [-0.2, -0.15) is 0 Å². The molecule has 4 N–H and O–H groups in total. The highest BCUT2D eigenvalue weighted by molar-refractivity contribution is 5.72. The van der Waals surface area contributed by atoms with Crippen LogP contribution in [0.25, 0.3) is 0 Å². The SMILES string of the molecule is CC[C@@H]1OC(=O)C[C@@](O)(C/C=C/C=C(\C)[C@@H]2OC(=O)CC/C=C(\C)[C@H](C)[C@@H](O)[C@@H](C)[C@H](OC(N)=O)/C=C\C=C/[C@H]2C)[C@H]1C. The topological polar surface area (TPSA) is 145 Å². The maximum atomic E-state index is 12.9. The minimum absolute atomic E-state index is 0.0525. The van der Waals surface area contributed by atoms with Crippen molar-refractivity contribution >= 4 is 18.0 Å². The van der Waals surface area contributed by atoms with Crippen LogP contribution < -0.4 is 5.73 Å². The number of carbonyl (C=O) groups excluding carboxylic acids is 3. The standard InChI is InChI=1S/C34H51NO8/c1-8-27-26(7)34(40,20-30(37)41-27)19-12-11-15-23(4)32-22(3)14-9-10-17-28(42-33(35)39)25(6)31(38)24(5)21(2)16-13-18-29(36)43-32/h9-12,14-17,22,24-28,31-32,38,40H,8,13,18-20H2,1-7H3,(H2,35,39)/b12-11+,14-9-,17-10-,21-16+,23-15+/t22-,24+,25+,26+,27+,28-,31-,32-,34+/m1/s1. The highest BCUT2D eigenvalue weighted by Gasteiger charge is 2.45. The van der Waals surface area contributed by atoms with E-state index in [1.807, 2.05) is 71.9 Å². The quantitative estimate of drug-likeness (QED) is 0.157. The van der Waals surface area contributed by atoms with Crippen molar-refractivity contribution in [2.45, 2.75) is 111 Å². The number of aliphatic hydroxyl groups excluding tert-OH is 1. The van der Waals surface area contributed by atoms with Gasteiger partial charge in [0.15, 0.2) is 0 Å². The Hall–Kier alpha value is -3.17. The maximum absolute atomic E-state index is 12.9. The molecule has 43 heavy (non-hydrogen) atoms. The molecule has 9 atom stereocenters. The van der Waals surface area contributed by atoms with E-state index in [1.54, 1.807) is 25.2 Å². The van der Waals surface area contributed by atoms with E-state index in [0.29, 0.717) is 19.3 Å². The first-order valence-electron chi connectivity index (χ1n) is 15.3. The monoisotopic (exact) mass is 601 g/mol. The number of hydrogen-bond donors (Lipinski definition) is 3. The molecule has 2 rings (SSSR count). The fourth-order valence-corrected chi connectivity index (χ4v) is 5.66. The molecule has 0 aromatic heterocycles. The van der Waals surface area contributed by atoms with E-state index in [1.165, 1.54) is 0 Å². The fraction of sp³-hybridized carbons (Fsp3) is 0.618. The van der Waals surface area contributed by atoms with Crippen LogP contribution in [0.15, 0.2) is 59.8 Å². The van der Waals surface area contributed by atoms with Gasteiger partial charge in [-0.1, -0.05) is 82.7 Å². The van der Waals surface area contributed by atoms with E-state index >= 15 is 0 Å². The van der Waals surface area contributed by atoms with Crippen LogP contribution in [0.1, 0.15) is 80.6 Å². The van der Waals surface area contributed by atoms with Crippen LogP contribution in [0.2, 0.25) is 0 Å². The number of primary amides is 1. The molecule has 0 aromatic rings. The van der Waals surface area contributed by atoms with Gasteiger partial charge >= 0.3 is 18.0 Å². The first kappa shape index (κ1) is 36.0. The van der Waals surface area contributed by atoms with Crippen molar-refractivity contribution in [2.24, 2.45) is 29.4 Å². The van der Waals surface area contributed by atoms with Gasteiger partial charge in [0.25, 0.3) is 0 Å². The minimum atomic E-state index is -1.18. The molecular formula is C34H51NO8. The molecule has 0 spiro atoms. The molecule has 1 fully saturated rings. The first-order chi connectivity index (χ1) is 20.2. The van der Waals surface area contributed by atoms with Gasteiger partial charge in [-0.05, 0) is 44.8 Å². The van der Waals surface area contributed by atoms with Gasteiger partial charge in [-0.15, -0.1) is 0 Å². The minimum Gasteiger partial charge on any atom is -0.462 e. The van der Waals surface area contributed by atoms with Crippen LogP contribution in [-0.4, -0.2) is 58.3 Å². The number of rotatable bonds is 6. The molecule has 9 heteroatoms. The summed E-state index contributed by atoms with van der Waals surface area (Å²) in [6.45, 7) is 13.2. The molecule has 0 unspecified atom stereocenters. The molecule has 2 heterocycles. The third kappa shape index (κ3) is 10.5. The first-order valence-corrected chi connectivity index (χ1v) is 15.3. The van der Waals surface area contributed by atoms with Gasteiger partial charge in [-0.3, -0.25) is 9.59 Å². The second-order valence-corrected chi connectivity index (χ2v) is 12.1. The second kappa shape index (κ2) is 16.6. The van der Waals surface area contributed by atoms with Crippen LogP contribution in [0, 0.1) is 23.7 Å². The molecular weight excluding hydrogens is 550 g/mol. The zero-order chi connectivity index (χ0) is 32.3.